The quantitative estimate of drug-likeness (QED) is 0.0571. The van der Waals surface area contributed by atoms with Gasteiger partial charge in [0.15, 0.2) is 0 Å². The number of aliphatic hydroxyl groups excluding tert-OH is 4. The van der Waals surface area contributed by atoms with E-state index in [1.165, 1.54) is 26.7 Å². The molecule has 14 heteroatoms. The third-order valence-corrected chi connectivity index (χ3v) is 18.3. The number of unbranched alkanes of at least 4 members (excludes halogenated alkanes) is 2. The van der Waals surface area contributed by atoms with Gasteiger partial charge in [-0.1, -0.05) is 66.5 Å². The molecular weight excluding hydrogens is 809 g/mol. The summed E-state index contributed by atoms with van der Waals surface area (Å²) in [6, 6.07) is -1.21. The van der Waals surface area contributed by atoms with Crippen LogP contribution in [-0.4, -0.2) is 114 Å². The minimum absolute atomic E-state index is 0.0323. The lowest BCUT2D eigenvalue weighted by Gasteiger charge is -2.71. The number of esters is 2. The summed E-state index contributed by atoms with van der Waals surface area (Å²) in [6.07, 6.45) is 6.97. The Hall–Kier alpha value is -2.62. The van der Waals surface area contributed by atoms with Crippen molar-refractivity contribution in [3.8, 4) is 0 Å². The molecule has 0 bridgehead atoms. The average Bonchev–Trinajstić information content (AvgIpc) is 3.22. The van der Waals surface area contributed by atoms with Gasteiger partial charge in [0.25, 0.3) is 5.79 Å². The van der Waals surface area contributed by atoms with Crippen molar-refractivity contribution in [2.24, 2.45) is 50.2 Å². The molecule has 1 heterocycles. The topological polar surface area (TPSA) is 210 Å². The van der Waals surface area contributed by atoms with Crippen LogP contribution in [0.15, 0.2) is 11.6 Å². The van der Waals surface area contributed by atoms with E-state index >= 15 is 0 Å². The highest BCUT2D eigenvalue weighted by Gasteiger charge is 2.70. The number of fused-ring (bicyclic) bond motifs is 7. The van der Waals surface area contributed by atoms with E-state index in [0.717, 1.165) is 77.0 Å². The van der Waals surface area contributed by atoms with Crippen LogP contribution in [-0.2, 0) is 38.1 Å². The van der Waals surface area contributed by atoms with Crippen LogP contribution in [0.3, 0.4) is 0 Å². The minimum Gasteiger partial charge on any atom is -0.469 e. The summed E-state index contributed by atoms with van der Waals surface area (Å²) in [6.45, 7) is 17.6. The number of carbonyl (C=O) groups is 4. The number of carbonyl (C=O) groups excluding carboxylic acids is 4. The first-order valence-electron chi connectivity index (χ1n) is 23.8. The molecule has 2 amide bonds. The van der Waals surface area contributed by atoms with Crippen molar-refractivity contribution < 1.29 is 58.6 Å². The first-order valence-corrected chi connectivity index (χ1v) is 23.8. The molecule has 0 radical (unpaired) electrons. The zero-order valence-corrected chi connectivity index (χ0v) is 39.8. The Morgan fingerprint density at radius 3 is 2.22 bits per heavy atom. The van der Waals surface area contributed by atoms with Crippen LogP contribution in [0.4, 0.5) is 0 Å². The SMILES string of the molecule is COC(=O)CCCCCNC(=O)[C@]12CCC(C)(C)C[C@H]1C1=CC[C@@H]3[C@@]4(C)CC[C@H](O[C@@]5(C(=O)OC)C[C@H](O)[C@@H](NC(C)=O)[C@H]([C@H](O)[C@H](O)CO)O5)C(C)(C)[C@@H]4CC[C@@]3(C)[C@]1(C)CC2. The maximum Gasteiger partial charge on any atom is 0.366 e. The first-order chi connectivity index (χ1) is 29.4. The molecule has 1 saturated heterocycles. The Morgan fingerprint density at radius 1 is 0.873 bits per heavy atom. The van der Waals surface area contributed by atoms with Crippen molar-refractivity contribution in [2.75, 3.05) is 27.4 Å². The summed E-state index contributed by atoms with van der Waals surface area (Å²) in [5, 5.41) is 48.8. The van der Waals surface area contributed by atoms with Crippen LogP contribution in [0.25, 0.3) is 0 Å². The molecule has 4 saturated carbocycles. The van der Waals surface area contributed by atoms with Gasteiger partial charge >= 0.3 is 11.9 Å². The standard InChI is InChI=1S/C49H80N2O12/c1-29(53)51-38-32(54)27-49(42(59)61-10,63-40(38)39(57)33(55)28-52)62-36-18-19-45(6)34(44(36,4)5)17-20-47(8)35(45)16-15-30-31-26-43(2,3)21-23-48(31,24-22-46(30,47)7)41(58)50-25-13-11-12-14-37(56)60-9/h15,31-36,38-40,52,54-55,57H,11-14,16-28H2,1-10H3,(H,50,58)(H,51,53)/t31-,32-,33+,34-,35+,36-,38+,39+,40+,45-,46+,47+,48-,49-/m0/s1. The Kier molecular flexibility index (Phi) is 14.4. The van der Waals surface area contributed by atoms with Crippen LogP contribution >= 0.6 is 0 Å². The number of methoxy groups -OCH3 is 2. The van der Waals surface area contributed by atoms with Crippen LogP contribution in [0.5, 0.6) is 0 Å². The Balaban J connectivity index is 1.26. The fourth-order valence-corrected chi connectivity index (χ4v) is 14.5. The summed E-state index contributed by atoms with van der Waals surface area (Å²) >= 11 is 0. The fraction of sp³-hybridized carbons (Fsp3) is 0.878. The molecule has 6 rings (SSSR count). The lowest BCUT2D eigenvalue weighted by Crippen LogP contribution is -2.70. The van der Waals surface area contributed by atoms with Crippen LogP contribution < -0.4 is 10.6 Å². The molecule has 0 unspecified atom stereocenters. The van der Waals surface area contributed by atoms with Crippen molar-refractivity contribution in [2.45, 2.75) is 194 Å². The predicted molar refractivity (Wildman–Crippen MR) is 234 cm³/mol. The monoisotopic (exact) mass is 889 g/mol. The van der Waals surface area contributed by atoms with Crippen molar-refractivity contribution >= 4 is 23.8 Å². The van der Waals surface area contributed by atoms with E-state index in [1.54, 1.807) is 0 Å². The Morgan fingerprint density at radius 2 is 1.57 bits per heavy atom. The molecule has 6 aliphatic rings. The number of ether oxygens (including phenoxy) is 4. The normalized spacial score (nSPS) is 41.2. The van der Waals surface area contributed by atoms with Crippen LogP contribution in [0.2, 0.25) is 0 Å². The second-order valence-corrected chi connectivity index (χ2v) is 22.5. The van der Waals surface area contributed by atoms with Crippen molar-refractivity contribution in [3.63, 3.8) is 0 Å². The highest BCUT2D eigenvalue weighted by Crippen LogP contribution is 2.76. The summed E-state index contributed by atoms with van der Waals surface area (Å²) in [5.74, 6) is -2.90. The molecular formula is C49H80N2O12. The van der Waals surface area contributed by atoms with Crippen molar-refractivity contribution in [3.05, 3.63) is 11.6 Å². The van der Waals surface area contributed by atoms with E-state index in [0.29, 0.717) is 25.3 Å². The van der Waals surface area contributed by atoms with Crippen LogP contribution in [0, 0.1) is 50.2 Å². The molecule has 63 heavy (non-hydrogen) atoms. The van der Waals surface area contributed by atoms with E-state index in [2.05, 4.69) is 65.2 Å². The van der Waals surface area contributed by atoms with Gasteiger partial charge in [0.1, 0.15) is 18.3 Å². The average molecular weight is 889 g/mol. The summed E-state index contributed by atoms with van der Waals surface area (Å²) in [5.41, 5.74) is 0.444. The van der Waals surface area contributed by atoms with E-state index < -0.39 is 78.1 Å². The highest BCUT2D eigenvalue weighted by molar-refractivity contribution is 5.84. The summed E-state index contributed by atoms with van der Waals surface area (Å²) < 4.78 is 23.2. The largest absolute Gasteiger partial charge is 0.469 e. The number of nitrogens with one attached hydrogen (secondary N) is 2. The number of amides is 2. The second-order valence-electron chi connectivity index (χ2n) is 22.5. The van der Waals surface area contributed by atoms with E-state index in [1.807, 2.05) is 0 Å². The van der Waals surface area contributed by atoms with Gasteiger partial charge < -0.3 is 50.0 Å². The number of hydrogen-bond donors (Lipinski definition) is 6. The highest BCUT2D eigenvalue weighted by atomic mass is 16.7. The molecule has 0 aromatic rings. The third kappa shape index (κ3) is 8.65. The van der Waals surface area contributed by atoms with Gasteiger partial charge in [0.2, 0.25) is 11.8 Å². The summed E-state index contributed by atoms with van der Waals surface area (Å²) in [7, 11) is 2.61. The number of rotatable bonds is 14. The van der Waals surface area contributed by atoms with Gasteiger partial charge in [0, 0.05) is 26.3 Å². The molecule has 0 spiro atoms. The maximum atomic E-state index is 14.5. The smallest absolute Gasteiger partial charge is 0.366 e. The zero-order chi connectivity index (χ0) is 46.6. The Bertz CT molecular complexity index is 1750. The van der Waals surface area contributed by atoms with Gasteiger partial charge in [-0.05, 0) is 122 Å². The van der Waals surface area contributed by atoms with Gasteiger partial charge in [-0.25, -0.2) is 4.79 Å². The molecule has 0 aromatic carbocycles. The molecule has 6 N–H and O–H groups in total. The van der Waals surface area contributed by atoms with Gasteiger partial charge in [-0.2, -0.15) is 0 Å². The molecule has 14 nitrogen and oxygen atoms in total. The summed E-state index contributed by atoms with van der Waals surface area (Å²) in [4.78, 5) is 52.1. The molecule has 0 aromatic heterocycles. The number of allylic oxidation sites excluding steroid dienone is 2. The molecule has 358 valence electrons. The van der Waals surface area contributed by atoms with Gasteiger partial charge in [-0.15, -0.1) is 0 Å². The number of hydrogen-bond acceptors (Lipinski definition) is 12. The van der Waals surface area contributed by atoms with Crippen molar-refractivity contribution in [1.29, 1.82) is 0 Å². The third-order valence-electron chi connectivity index (χ3n) is 18.3. The fourth-order valence-electron chi connectivity index (χ4n) is 14.5. The van der Waals surface area contributed by atoms with E-state index in [4.69, 9.17) is 18.9 Å². The molecule has 5 aliphatic carbocycles. The maximum absolute atomic E-state index is 14.5. The zero-order valence-electron chi connectivity index (χ0n) is 39.8. The lowest BCUT2D eigenvalue weighted by molar-refractivity contribution is -0.342. The molecule has 1 aliphatic heterocycles. The van der Waals surface area contributed by atoms with E-state index in [-0.39, 0.29) is 45.4 Å². The first kappa shape index (κ1) is 49.8. The molecule has 5 fully saturated rings. The lowest BCUT2D eigenvalue weighted by atomic mass is 9.33. The Labute approximate surface area is 375 Å². The van der Waals surface area contributed by atoms with Crippen LogP contribution in [0.1, 0.15) is 152 Å². The van der Waals surface area contributed by atoms with Gasteiger partial charge in [-0.3, -0.25) is 14.4 Å². The second kappa shape index (κ2) is 18.2. The van der Waals surface area contributed by atoms with Crippen molar-refractivity contribution in [1.82, 2.24) is 10.6 Å². The molecule has 14 atom stereocenters. The minimum atomic E-state index is -2.17. The number of aliphatic hydroxyl groups is 4. The van der Waals surface area contributed by atoms with E-state index in [9.17, 15) is 39.6 Å². The van der Waals surface area contributed by atoms with Gasteiger partial charge in [0.05, 0.1) is 44.5 Å². The predicted octanol–water partition coefficient (Wildman–Crippen LogP) is 5.26.